The van der Waals surface area contributed by atoms with E-state index in [9.17, 15) is 4.79 Å². The van der Waals surface area contributed by atoms with E-state index in [0.29, 0.717) is 17.1 Å². The molecular weight excluding hydrogens is 354 g/mol. The van der Waals surface area contributed by atoms with E-state index in [1.165, 1.54) is 7.11 Å². The zero-order valence-corrected chi connectivity index (χ0v) is 14.1. The van der Waals surface area contributed by atoms with Gasteiger partial charge in [-0.1, -0.05) is 17.7 Å². The fourth-order valence-corrected chi connectivity index (χ4v) is 2.40. The minimum Gasteiger partial charge on any atom is -0.465 e. The molecule has 2 aromatic rings. The van der Waals surface area contributed by atoms with E-state index in [-0.39, 0.29) is 5.97 Å². The van der Waals surface area contributed by atoms with Crippen LogP contribution in [0.5, 0.6) is 0 Å². The summed E-state index contributed by atoms with van der Waals surface area (Å²) in [5, 5.41) is 4.02. The normalized spacial score (nSPS) is 10.3. The van der Waals surface area contributed by atoms with Gasteiger partial charge in [-0.3, -0.25) is 0 Å². The van der Waals surface area contributed by atoms with Gasteiger partial charge in [-0.15, -0.1) is 0 Å². The smallest absolute Gasteiger partial charge is 0.337 e. The van der Waals surface area contributed by atoms with Crippen LogP contribution < -0.4 is 5.32 Å². The lowest BCUT2D eigenvalue weighted by atomic mass is 10.1. The molecule has 110 valence electrons. The summed E-state index contributed by atoms with van der Waals surface area (Å²) in [4.78, 5) is 11.5. The summed E-state index contributed by atoms with van der Waals surface area (Å²) < 4.78 is 5.59. The molecule has 0 radical (unpaired) electrons. The molecule has 0 amide bonds. The van der Waals surface area contributed by atoms with Gasteiger partial charge in [-0.25, -0.2) is 4.79 Å². The Kier molecular flexibility index (Phi) is 5.26. The fourth-order valence-electron chi connectivity index (χ4n) is 1.95. The van der Waals surface area contributed by atoms with Gasteiger partial charge in [0.1, 0.15) is 0 Å². The molecule has 0 spiro atoms. The topological polar surface area (TPSA) is 38.3 Å². The summed E-state index contributed by atoms with van der Waals surface area (Å²) in [6, 6.07) is 11.3. The first-order chi connectivity index (χ1) is 10.0. The van der Waals surface area contributed by atoms with Crippen LogP contribution in [0.25, 0.3) is 0 Å². The molecule has 0 aliphatic heterocycles. The largest absolute Gasteiger partial charge is 0.465 e. The third-order valence-electron chi connectivity index (χ3n) is 3.11. The van der Waals surface area contributed by atoms with Crippen molar-refractivity contribution in [2.45, 2.75) is 13.5 Å². The molecule has 0 aromatic heterocycles. The van der Waals surface area contributed by atoms with E-state index in [1.54, 1.807) is 6.07 Å². The summed E-state index contributed by atoms with van der Waals surface area (Å²) in [5.74, 6) is -0.329. The number of carbonyl (C=O) groups is 1. The number of anilines is 1. The first-order valence-electron chi connectivity index (χ1n) is 6.38. The third kappa shape index (κ3) is 3.99. The van der Waals surface area contributed by atoms with Crippen LogP contribution in [0, 0.1) is 6.92 Å². The van der Waals surface area contributed by atoms with Gasteiger partial charge in [-0.2, -0.15) is 0 Å². The fraction of sp³-hybridized carbons (Fsp3) is 0.188. The van der Waals surface area contributed by atoms with Crippen molar-refractivity contribution in [3.8, 4) is 0 Å². The first kappa shape index (κ1) is 15.9. The SMILES string of the molecule is COC(=O)c1ccc(NCc2ccc(Br)c(Cl)c2)c(C)c1. The van der Waals surface area contributed by atoms with Gasteiger partial charge in [-0.05, 0) is 64.3 Å². The number of benzene rings is 2. The van der Waals surface area contributed by atoms with Gasteiger partial charge in [0, 0.05) is 16.7 Å². The number of nitrogens with one attached hydrogen (secondary N) is 1. The second kappa shape index (κ2) is 6.96. The van der Waals surface area contributed by atoms with Crippen molar-refractivity contribution < 1.29 is 9.53 Å². The van der Waals surface area contributed by atoms with E-state index in [2.05, 4.69) is 21.2 Å². The minimum atomic E-state index is -0.329. The molecule has 0 heterocycles. The maximum atomic E-state index is 11.5. The molecule has 3 nitrogen and oxygen atoms in total. The summed E-state index contributed by atoms with van der Waals surface area (Å²) in [6.07, 6.45) is 0. The first-order valence-corrected chi connectivity index (χ1v) is 7.55. The highest BCUT2D eigenvalue weighted by molar-refractivity contribution is 9.10. The lowest BCUT2D eigenvalue weighted by Gasteiger charge is -2.11. The predicted molar refractivity (Wildman–Crippen MR) is 89.0 cm³/mol. The Morgan fingerprint density at radius 1 is 1.29 bits per heavy atom. The molecule has 1 N–H and O–H groups in total. The van der Waals surface area contributed by atoms with Gasteiger partial charge in [0.05, 0.1) is 17.7 Å². The Balaban J connectivity index is 2.09. The number of rotatable bonds is 4. The Morgan fingerprint density at radius 3 is 2.67 bits per heavy atom. The summed E-state index contributed by atoms with van der Waals surface area (Å²) in [6.45, 7) is 2.61. The molecule has 0 bridgehead atoms. The van der Waals surface area contributed by atoms with Crippen molar-refractivity contribution >= 4 is 39.2 Å². The monoisotopic (exact) mass is 367 g/mol. The zero-order valence-electron chi connectivity index (χ0n) is 11.7. The molecule has 0 fully saturated rings. The summed E-state index contributed by atoms with van der Waals surface area (Å²) in [5.41, 5.74) is 3.59. The molecule has 0 unspecified atom stereocenters. The molecule has 2 rings (SSSR count). The van der Waals surface area contributed by atoms with Gasteiger partial charge in [0.15, 0.2) is 0 Å². The number of ether oxygens (including phenoxy) is 1. The van der Waals surface area contributed by atoms with E-state index >= 15 is 0 Å². The molecule has 0 aliphatic rings. The summed E-state index contributed by atoms with van der Waals surface area (Å²) >= 11 is 9.44. The van der Waals surface area contributed by atoms with E-state index in [1.807, 2.05) is 37.3 Å². The predicted octanol–water partition coefficient (Wildman–Crippen LogP) is 4.81. The van der Waals surface area contributed by atoms with Crippen molar-refractivity contribution in [1.82, 2.24) is 0 Å². The molecule has 2 aromatic carbocycles. The average Bonchev–Trinajstić information content (AvgIpc) is 2.48. The van der Waals surface area contributed by atoms with Crippen LogP contribution >= 0.6 is 27.5 Å². The van der Waals surface area contributed by atoms with Crippen molar-refractivity contribution in [1.29, 1.82) is 0 Å². The molecule has 0 aliphatic carbocycles. The zero-order chi connectivity index (χ0) is 15.4. The number of methoxy groups -OCH3 is 1. The van der Waals surface area contributed by atoms with Crippen LogP contribution in [0.15, 0.2) is 40.9 Å². The summed E-state index contributed by atoms with van der Waals surface area (Å²) in [7, 11) is 1.38. The van der Waals surface area contributed by atoms with Crippen LogP contribution in [0.2, 0.25) is 5.02 Å². The number of hydrogen-bond donors (Lipinski definition) is 1. The van der Waals surface area contributed by atoms with Crippen molar-refractivity contribution in [3.63, 3.8) is 0 Å². The minimum absolute atomic E-state index is 0.329. The van der Waals surface area contributed by atoms with Crippen molar-refractivity contribution in [2.24, 2.45) is 0 Å². The molecule has 5 heteroatoms. The highest BCUT2D eigenvalue weighted by Gasteiger charge is 2.07. The lowest BCUT2D eigenvalue weighted by Crippen LogP contribution is -2.04. The number of aryl methyl sites for hydroxylation is 1. The van der Waals surface area contributed by atoms with Crippen LogP contribution in [0.1, 0.15) is 21.5 Å². The van der Waals surface area contributed by atoms with E-state index in [0.717, 1.165) is 21.3 Å². The van der Waals surface area contributed by atoms with E-state index < -0.39 is 0 Å². The number of hydrogen-bond acceptors (Lipinski definition) is 3. The Hall–Kier alpha value is -1.52. The number of esters is 1. The maximum Gasteiger partial charge on any atom is 0.337 e. The van der Waals surface area contributed by atoms with Crippen molar-refractivity contribution in [3.05, 3.63) is 62.6 Å². The molecule has 21 heavy (non-hydrogen) atoms. The van der Waals surface area contributed by atoms with Gasteiger partial charge in [0.25, 0.3) is 0 Å². The third-order valence-corrected chi connectivity index (χ3v) is 4.35. The maximum absolute atomic E-state index is 11.5. The second-order valence-corrected chi connectivity index (χ2v) is 5.88. The second-order valence-electron chi connectivity index (χ2n) is 4.62. The average molecular weight is 369 g/mol. The Labute approximate surface area is 137 Å². The number of carbonyl (C=O) groups excluding carboxylic acids is 1. The highest BCUT2D eigenvalue weighted by Crippen LogP contribution is 2.24. The van der Waals surface area contributed by atoms with Crippen LogP contribution in [-0.2, 0) is 11.3 Å². The van der Waals surface area contributed by atoms with E-state index in [4.69, 9.17) is 16.3 Å². The molecular formula is C16H15BrClNO2. The lowest BCUT2D eigenvalue weighted by molar-refractivity contribution is 0.0600. The van der Waals surface area contributed by atoms with Gasteiger partial charge < -0.3 is 10.1 Å². The van der Waals surface area contributed by atoms with Crippen LogP contribution in [0.3, 0.4) is 0 Å². The molecule has 0 saturated heterocycles. The van der Waals surface area contributed by atoms with Gasteiger partial charge in [0.2, 0.25) is 0 Å². The molecule has 0 atom stereocenters. The Bertz CT molecular complexity index is 673. The van der Waals surface area contributed by atoms with Crippen LogP contribution in [-0.4, -0.2) is 13.1 Å². The quantitative estimate of drug-likeness (QED) is 0.787. The van der Waals surface area contributed by atoms with Crippen LogP contribution in [0.4, 0.5) is 5.69 Å². The van der Waals surface area contributed by atoms with Crippen molar-refractivity contribution in [2.75, 3.05) is 12.4 Å². The number of halogens is 2. The van der Waals surface area contributed by atoms with Gasteiger partial charge >= 0.3 is 5.97 Å². The highest BCUT2D eigenvalue weighted by atomic mass is 79.9. The Morgan fingerprint density at radius 2 is 2.05 bits per heavy atom. The standard InChI is InChI=1S/C16H15BrClNO2/c1-10-7-12(16(20)21-2)4-6-15(10)19-9-11-3-5-13(17)14(18)8-11/h3-8,19H,9H2,1-2H3. The molecule has 0 saturated carbocycles.